The number of piperidine rings is 1. The summed E-state index contributed by atoms with van der Waals surface area (Å²) < 4.78 is 1.86. The van der Waals surface area contributed by atoms with Crippen LogP contribution in [0, 0.1) is 5.92 Å². The second-order valence-electron chi connectivity index (χ2n) is 13.0. The van der Waals surface area contributed by atoms with E-state index in [1.54, 1.807) is 30.6 Å². The van der Waals surface area contributed by atoms with E-state index < -0.39 is 35.5 Å². The lowest BCUT2D eigenvalue weighted by Crippen LogP contribution is -2.63. The van der Waals surface area contributed by atoms with Crippen molar-refractivity contribution < 1.29 is 24.9 Å². The van der Waals surface area contributed by atoms with E-state index in [0.717, 1.165) is 18.5 Å². The van der Waals surface area contributed by atoms with Crippen molar-refractivity contribution in [1.29, 1.82) is 0 Å². The number of hydrogen-bond donors (Lipinski definition) is 4. The number of carbonyl (C=O) groups is 2. The molecule has 7 rings (SSSR count). The number of H-pyrrole nitrogens is 1. The molecule has 2 saturated heterocycles. The molecule has 2 fully saturated rings. The normalized spacial score (nSPS) is 24.6. The number of aliphatic carboxylic acids is 2. The number of benzene rings is 2. The van der Waals surface area contributed by atoms with Crippen molar-refractivity contribution >= 4 is 22.8 Å². The summed E-state index contributed by atoms with van der Waals surface area (Å²) in [6, 6.07) is 15.4. The highest BCUT2D eigenvalue weighted by atomic mass is 16.4. The van der Waals surface area contributed by atoms with Crippen LogP contribution < -0.4 is 0 Å². The van der Waals surface area contributed by atoms with Crippen LogP contribution in [0.1, 0.15) is 55.3 Å². The van der Waals surface area contributed by atoms with E-state index in [0.29, 0.717) is 19.4 Å². The largest absolute Gasteiger partial charge is 0.480 e. The molecule has 0 saturated carbocycles. The molecule has 3 aliphatic rings. The molecule has 252 valence electrons. The van der Waals surface area contributed by atoms with E-state index in [1.807, 2.05) is 35.0 Å². The van der Waals surface area contributed by atoms with Crippen molar-refractivity contribution in [2.24, 2.45) is 5.92 Å². The smallest absolute Gasteiger partial charge is 0.331 e. The minimum absolute atomic E-state index is 0.0572. The van der Waals surface area contributed by atoms with Crippen molar-refractivity contribution in [2.45, 2.75) is 63.3 Å². The first-order chi connectivity index (χ1) is 23.3. The Morgan fingerprint density at radius 3 is 2.54 bits per heavy atom. The van der Waals surface area contributed by atoms with Gasteiger partial charge in [-0.1, -0.05) is 61.5 Å². The van der Waals surface area contributed by atoms with Gasteiger partial charge in [-0.15, -0.1) is 0 Å². The zero-order chi connectivity index (χ0) is 33.7. The summed E-state index contributed by atoms with van der Waals surface area (Å²) in [5.74, 6) is -3.00. The predicted molar refractivity (Wildman–Crippen MR) is 182 cm³/mol. The van der Waals surface area contributed by atoms with E-state index in [9.17, 15) is 24.9 Å². The van der Waals surface area contributed by atoms with Crippen LogP contribution in [0.25, 0.3) is 10.9 Å². The summed E-state index contributed by atoms with van der Waals surface area (Å²) in [5, 5.41) is 35.9. The van der Waals surface area contributed by atoms with Gasteiger partial charge in [0.05, 0.1) is 18.7 Å². The molecule has 2 aliphatic heterocycles. The molecule has 1 aliphatic carbocycles. The molecule has 4 heterocycles. The highest BCUT2D eigenvalue weighted by Gasteiger charge is 2.54. The van der Waals surface area contributed by atoms with Crippen LogP contribution in [0.5, 0.6) is 0 Å². The number of carboxylic acid groups (broad SMARTS) is 2. The molecule has 0 bridgehead atoms. The summed E-state index contributed by atoms with van der Waals surface area (Å²) >= 11 is 0. The summed E-state index contributed by atoms with van der Waals surface area (Å²) in [4.78, 5) is 35.8. The van der Waals surface area contributed by atoms with E-state index in [-0.39, 0.29) is 5.57 Å². The molecule has 4 atom stereocenters. The van der Waals surface area contributed by atoms with Gasteiger partial charge >= 0.3 is 11.9 Å². The lowest BCUT2D eigenvalue weighted by Gasteiger charge is -2.51. The van der Waals surface area contributed by atoms with Crippen molar-refractivity contribution in [2.75, 3.05) is 26.2 Å². The number of hydrogen-bond acceptors (Lipinski definition) is 7. The number of aromatic amines is 1. The molecule has 4 aromatic rings. The monoisotopic (exact) mass is 652 g/mol. The third-order valence-corrected chi connectivity index (χ3v) is 10.1. The van der Waals surface area contributed by atoms with Crippen LogP contribution in [0.4, 0.5) is 0 Å². The number of nitrogens with zero attached hydrogens (tertiary/aromatic N) is 5. The zero-order valence-electron chi connectivity index (χ0n) is 27.3. The van der Waals surface area contributed by atoms with Crippen molar-refractivity contribution in [3.05, 3.63) is 108 Å². The average molecular weight is 653 g/mol. The van der Waals surface area contributed by atoms with Crippen LogP contribution in [-0.4, -0.2) is 94.6 Å². The predicted octanol–water partition coefficient (Wildman–Crippen LogP) is 4.67. The Bertz CT molecular complexity index is 1760. The summed E-state index contributed by atoms with van der Waals surface area (Å²) in [6.45, 7) is 6.55. The van der Waals surface area contributed by atoms with E-state index >= 15 is 0 Å². The number of likely N-dealkylation sites (tertiary alicyclic amines) is 2. The number of aliphatic hydroxyl groups excluding tert-OH is 1. The minimum Gasteiger partial charge on any atom is -0.480 e. The molecule has 2 aromatic carbocycles. The number of rotatable bonds is 9. The van der Waals surface area contributed by atoms with Gasteiger partial charge in [0, 0.05) is 41.7 Å². The standard InChI is InChI=1S/C20H23NO5.C17H21N5/c1-13-15(18(23)24)9-5-11-20(13,19(25)26)21-12-6-10-16(22)17(21)14-7-3-2-4-8-14;1-2-7-21(6-1)8-5-15-10-19-17-4-3-14(9-16(15)17)11-22-13-18-12-20-22/h2-5,7-9,11,13,16-17,22H,6,10,12H2,1H3,(H,23,24)(H,25,26);3-4,9-10,12-13,19H,1-2,5-8,11H2/t13?,16-,17-,20?;/m1./s1. The molecule has 11 nitrogen and oxygen atoms in total. The number of fused-ring (bicyclic) bond motifs is 1. The van der Waals surface area contributed by atoms with Crippen molar-refractivity contribution in [3.8, 4) is 0 Å². The number of aliphatic hydroxyl groups is 1. The first-order valence-corrected chi connectivity index (χ1v) is 16.8. The topological polar surface area (TPSA) is 148 Å². The SMILES string of the molecule is CC1C(C(=O)O)=CC=CC1(C(=O)O)N1CCC[C@@H](O)[C@H]1c1ccccc1.c1ncn(Cc2ccc3[nH]cc(CCN4CCCC4)c3c2)n1. The maximum Gasteiger partial charge on any atom is 0.331 e. The number of aromatic nitrogens is 4. The van der Waals surface area contributed by atoms with Crippen LogP contribution >= 0.6 is 0 Å². The molecule has 2 unspecified atom stereocenters. The summed E-state index contributed by atoms with van der Waals surface area (Å²) in [6.07, 6.45) is 14.3. The van der Waals surface area contributed by atoms with E-state index in [1.165, 1.54) is 66.7 Å². The van der Waals surface area contributed by atoms with Crippen LogP contribution in [0.15, 0.2) is 91.2 Å². The Balaban J connectivity index is 0.000000169. The Kier molecular flexibility index (Phi) is 10.2. The molecule has 0 amide bonds. The Morgan fingerprint density at radius 2 is 1.83 bits per heavy atom. The summed E-state index contributed by atoms with van der Waals surface area (Å²) in [7, 11) is 0. The average Bonchev–Trinajstić information content (AvgIpc) is 3.88. The molecular formula is C37H44N6O5. The molecular weight excluding hydrogens is 608 g/mol. The van der Waals surface area contributed by atoms with Crippen LogP contribution in [0.2, 0.25) is 0 Å². The van der Waals surface area contributed by atoms with E-state index in [4.69, 9.17) is 0 Å². The van der Waals surface area contributed by atoms with Gasteiger partial charge < -0.3 is 25.2 Å². The third kappa shape index (κ3) is 6.85. The maximum absolute atomic E-state index is 12.4. The minimum atomic E-state index is -1.52. The second kappa shape index (κ2) is 14.7. The highest BCUT2D eigenvalue weighted by molar-refractivity contribution is 5.93. The van der Waals surface area contributed by atoms with Gasteiger partial charge in [0.2, 0.25) is 0 Å². The van der Waals surface area contributed by atoms with Gasteiger partial charge in [0.1, 0.15) is 18.2 Å². The molecule has 4 N–H and O–H groups in total. The Hall–Kier alpha value is -4.58. The highest BCUT2D eigenvalue weighted by Crippen LogP contribution is 2.44. The van der Waals surface area contributed by atoms with Gasteiger partial charge in [0.25, 0.3) is 0 Å². The quantitative estimate of drug-likeness (QED) is 0.203. The first-order valence-electron chi connectivity index (χ1n) is 16.8. The van der Waals surface area contributed by atoms with Gasteiger partial charge in [-0.3, -0.25) is 4.90 Å². The third-order valence-electron chi connectivity index (χ3n) is 10.1. The lowest BCUT2D eigenvalue weighted by molar-refractivity contribution is -0.157. The zero-order valence-corrected chi connectivity index (χ0v) is 27.3. The fourth-order valence-electron chi connectivity index (χ4n) is 7.56. The van der Waals surface area contributed by atoms with Gasteiger partial charge in [-0.2, -0.15) is 5.10 Å². The molecule has 11 heteroatoms. The van der Waals surface area contributed by atoms with Crippen molar-refractivity contribution in [3.63, 3.8) is 0 Å². The van der Waals surface area contributed by atoms with Crippen LogP contribution in [-0.2, 0) is 22.6 Å². The van der Waals surface area contributed by atoms with E-state index in [2.05, 4.69) is 44.4 Å². The Morgan fingerprint density at radius 1 is 1.04 bits per heavy atom. The summed E-state index contributed by atoms with van der Waals surface area (Å²) in [5.41, 5.74) is 3.26. The van der Waals surface area contributed by atoms with Crippen LogP contribution in [0.3, 0.4) is 0 Å². The Labute approximate surface area is 280 Å². The molecule has 2 aromatic heterocycles. The lowest BCUT2D eigenvalue weighted by atomic mass is 9.73. The van der Waals surface area contributed by atoms with Gasteiger partial charge in [-0.05, 0) is 74.0 Å². The first kappa shape index (κ1) is 33.3. The van der Waals surface area contributed by atoms with Crippen molar-refractivity contribution in [1.82, 2.24) is 29.5 Å². The molecule has 0 spiro atoms. The molecule has 48 heavy (non-hydrogen) atoms. The fraction of sp³-hybridized carbons (Fsp3) is 0.405. The van der Waals surface area contributed by atoms with Gasteiger partial charge in [-0.25, -0.2) is 19.3 Å². The number of allylic oxidation sites excluding steroid dienone is 2. The fourth-order valence-corrected chi connectivity index (χ4v) is 7.56. The second-order valence-corrected chi connectivity index (χ2v) is 13.0. The maximum atomic E-state index is 12.4. The number of nitrogens with one attached hydrogen (secondary N) is 1. The number of carboxylic acids is 2. The molecule has 0 radical (unpaired) electrons. The van der Waals surface area contributed by atoms with Gasteiger partial charge in [0.15, 0.2) is 0 Å².